The lowest BCUT2D eigenvalue weighted by atomic mass is 10.1. The first-order valence-electron chi connectivity index (χ1n) is 7.17. The molecule has 0 unspecified atom stereocenters. The van der Waals surface area contributed by atoms with Crippen LogP contribution in [-0.2, 0) is 9.53 Å². The molecule has 2 aromatic rings. The summed E-state index contributed by atoms with van der Waals surface area (Å²) in [5.74, 6) is -0.257. The van der Waals surface area contributed by atoms with Crippen LogP contribution in [0.5, 0.6) is 5.75 Å². The Bertz CT molecular complexity index is 748. The van der Waals surface area contributed by atoms with Crippen LogP contribution in [0.4, 0.5) is 0 Å². The first kappa shape index (κ1) is 15.1. The molecule has 1 heterocycles. The van der Waals surface area contributed by atoms with Gasteiger partial charge in [-0.05, 0) is 25.0 Å². The number of aromatic hydroxyl groups is 1. The Morgan fingerprint density at radius 2 is 2.17 bits per heavy atom. The molecule has 1 aliphatic carbocycles. The van der Waals surface area contributed by atoms with Gasteiger partial charge in [0, 0.05) is 18.2 Å². The van der Waals surface area contributed by atoms with Gasteiger partial charge in [0.15, 0.2) is 11.5 Å². The van der Waals surface area contributed by atoms with Crippen LogP contribution in [0.2, 0.25) is 0 Å². The molecule has 23 heavy (non-hydrogen) atoms. The lowest BCUT2D eigenvalue weighted by Gasteiger charge is -2.12. The minimum absolute atomic E-state index is 0.0960. The minimum Gasteiger partial charge on any atom is -0.508 e. The number of esters is 1. The number of phenolic OH excluding ortho intramolecular Hbond substituents is 1. The highest BCUT2D eigenvalue weighted by Crippen LogP contribution is 2.46. The number of ether oxygens (including phenoxy) is 1. The molecule has 7 nitrogen and oxygen atoms in total. The molecule has 7 heteroatoms. The van der Waals surface area contributed by atoms with Crippen molar-refractivity contribution in [1.29, 1.82) is 0 Å². The highest BCUT2D eigenvalue weighted by molar-refractivity contribution is 5.93. The van der Waals surface area contributed by atoms with E-state index in [1.165, 1.54) is 25.3 Å². The third-order valence-electron chi connectivity index (χ3n) is 3.93. The number of phenols is 1. The van der Waals surface area contributed by atoms with Crippen LogP contribution in [0.1, 0.15) is 23.3 Å². The quantitative estimate of drug-likeness (QED) is 0.815. The Hall–Kier alpha value is -2.83. The average molecular weight is 316 g/mol. The Labute approximate surface area is 132 Å². The van der Waals surface area contributed by atoms with Gasteiger partial charge in [-0.15, -0.1) is 0 Å². The molecular weight excluding hydrogens is 300 g/mol. The van der Waals surface area contributed by atoms with Gasteiger partial charge in [0.2, 0.25) is 0 Å². The van der Waals surface area contributed by atoms with E-state index in [1.54, 1.807) is 12.1 Å². The Morgan fingerprint density at radius 3 is 2.83 bits per heavy atom. The van der Waals surface area contributed by atoms with E-state index in [-0.39, 0.29) is 24.0 Å². The van der Waals surface area contributed by atoms with Gasteiger partial charge in [-0.3, -0.25) is 9.59 Å². The third kappa shape index (κ3) is 3.03. The summed E-state index contributed by atoms with van der Waals surface area (Å²) < 4.78 is 9.87. The number of hydrogen-bond donors (Lipinski definition) is 2. The summed E-state index contributed by atoms with van der Waals surface area (Å²) in [6, 6.07) is 7.94. The molecular formula is C16H16N2O5. The van der Waals surface area contributed by atoms with Crippen LogP contribution in [0.3, 0.4) is 0 Å². The van der Waals surface area contributed by atoms with Crippen molar-refractivity contribution in [2.45, 2.75) is 12.8 Å². The maximum Gasteiger partial charge on any atom is 0.313 e. The maximum atomic E-state index is 12.1. The predicted molar refractivity (Wildman–Crippen MR) is 79.6 cm³/mol. The number of nitrogens with zero attached hydrogens (tertiary/aromatic N) is 1. The van der Waals surface area contributed by atoms with Gasteiger partial charge in [0.05, 0.1) is 12.5 Å². The number of carbonyl (C=O) groups excluding carboxylic acids is 2. The highest BCUT2D eigenvalue weighted by Gasteiger charge is 2.51. The lowest BCUT2D eigenvalue weighted by Crippen LogP contribution is -2.35. The molecule has 2 N–H and O–H groups in total. The van der Waals surface area contributed by atoms with Crippen molar-refractivity contribution in [2.75, 3.05) is 13.7 Å². The summed E-state index contributed by atoms with van der Waals surface area (Å²) in [4.78, 5) is 23.7. The normalized spacial score (nSPS) is 15.0. The molecule has 1 fully saturated rings. The number of hydrogen-bond acceptors (Lipinski definition) is 6. The molecule has 1 saturated carbocycles. The van der Waals surface area contributed by atoms with Crippen LogP contribution in [0.25, 0.3) is 11.3 Å². The summed E-state index contributed by atoms with van der Waals surface area (Å²) in [6.45, 7) is 0.215. The number of aromatic nitrogens is 1. The van der Waals surface area contributed by atoms with E-state index >= 15 is 0 Å². The van der Waals surface area contributed by atoms with E-state index < -0.39 is 11.3 Å². The van der Waals surface area contributed by atoms with Crippen molar-refractivity contribution in [1.82, 2.24) is 10.5 Å². The average Bonchev–Trinajstić information content (AvgIpc) is 3.19. The number of rotatable bonds is 5. The topological polar surface area (TPSA) is 102 Å². The number of carbonyl (C=O) groups is 2. The molecule has 0 bridgehead atoms. The van der Waals surface area contributed by atoms with Gasteiger partial charge in [0.25, 0.3) is 5.91 Å². The fraction of sp³-hybridized carbons (Fsp3) is 0.312. The SMILES string of the molecule is COC(=O)C1(CNC(=O)c2cc(-c3cccc(O)c3)on2)CC1. The van der Waals surface area contributed by atoms with Crippen LogP contribution in [-0.4, -0.2) is 35.8 Å². The van der Waals surface area contributed by atoms with E-state index in [0.29, 0.717) is 24.2 Å². The molecule has 0 atom stereocenters. The predicted octanol–water partition coefficient (Wildman–Crippen LogP) is 1.73. The largest absolute Gasteiger partial charge is 0.508 e. The highest BCUT2D eigenvalue weighted by atomic mass is 16.5. The van der Waals surface area contributed by atoms with Crippen LogP contribution in [0.15, 0.2) is 34.9 Å². The van der Waals surface area contributed by atoms with Gasteiger partial charge in [-0.25, -0.2) is 0 Å². The second-order valence-electron chi connectivity index (χ2n) is 5.58. The van der Waals surface area contributed by atoms with Gasteiger partial charge in [-0.1, -0.05) is 17.3 Å². The van der Waals surface area contributed by atoms with Gasteiger partial charge in [-0.2, -0.15) is 0 Å². The van der Waals surface area contributed by atoms with Crippen molar-refractivity contribution in [3.05, 3.63) is 36.0 Å². The first-order valence-corrected chi connectivity index (χ1v) is 7.17. The monoisotopic (exact) mass is 316 g/mol. The molecule has 0 radical (unpaired) electrons. The number of nitrogens with one attached hydrogen (secondary N) is 1. The maximum absolute atomic E-state index is 12.1. The second kappa shape index (κ2) is 5.75. The Kier molecular flexibility index (Phi) is 3.77. The van der Waals surface area contributed by atoms with Crippen molar-refractivity contribution in [3.63, 3.8) is 0 Å². The molecule has 0 spiro atoms. The second-order valence-corrected chi connectivity index (χ2v) is 5.58. The zero-order valence-electron chi connectivity index (χ0n) is 12.5. The van der Waals surface area contributed by atoms with Gasteiger partial charge < -0.3 is 19.7 Å². The summed E-state index contributed by atoms with van der Waals surface area (Å²) >= 11 is 0. The zero-order valence-corrected chi connectivity index (χ0v) is 12.5. The van der Waals surface area contributed by atoms with Crippen molar-refractivity contribution in [2.24, 2.45) is 5.41 Å². The van der Waals surface area contributed by atoms with E-state index in [4.69, 9.17) is 9.26 Å². The van der Waals surface area contributed by atoms with E-state index in [9.17, 15) is 14.7 Å². The third-order valence-corrected chi connectivity index (χ3v) is 3.93. The first-order chi connectivity index (χ1) is 11.0. The van der Waals surface area contributed by atoms with Crippen LogP contribution >= 0.6 is 0 Å². The van der Waals surface area contributed by atoms with Crippen LogP contribution in [0, 0.1) is 5.41 Å². The molecule has 1 aliphatic rings. The zero-order chi connectivity index (χ0) is 16.4. The minimum atomic E-state index is -0.595. The molecule has 3 rings (SSSR count). The number of benzene rings is 1. The number of amides is 1. The fourth-order valence-corrected chi connectivity index (χ4v) is 2.34. The van der Waals surface area contributed by atoms with Gasteiger partial charge >= 0.3 is 5.97 Å². The molecule has 120 valence electrons. The molecule has 0 saturated heterocycles. The van der Waals surface area contributed by atoms with Crippen molar-refractivity contribution >= 4 is 11.9 Å². The molecule has 1 aromatic heterocycles. The van der Waals surface area contributed by atoms with Gasteiger partial charge in [0.1, 0.15) is 5.75 Å². The summed E-state index contributed by atoms with van der Waals surface area (Å²) in [5.41, 5.74) is 0.135. The van der Waals surface area contributed by atoms with E-state index in [0.717, 1.165) is 0 Å². The standard InChI is InChI=1S/C16H16N2O5/c1-22-15(21)16(5-6-16)9-17-14(20)12-8-13(23-18-12)10-3-2-4-11(19)7-10/h2-4,7-8,19H,5-6,9H2,1H3,(H,17,20). The summed E-state index contributed by atoms with van der Waals surface area (Å²) in [6.07, 6.45) is 1.40. The van der Waals surface area contributed by atoms with Crippen LogP contribution < -0.4 is 5.32 Å². The van der Waals surface area contributed by atoms with E-state index in [1.807, 2.05) is 0 Å². The lowest BCUT2D eigenvalue weighted by molar-refractivity contribution is -0.146. The molecule has 0 aliphatic heterocycles. The molecule has 1 aromatic carbocycles. The van der Waals surface area contributed by atoms with Crippen molar-refractivity contribution < 1.29 is 24.0 Å². The van der Waals surface area contributed by atoms with Crippen molar-refractivity contribution in [3.8, 4) is 17.1 Å². The summed E-state index contributed by atoms with van der Waals surface area (Å²) in [5, 5.41) is 15.9. The van der Waals surface area contributed by atoms with E-state index in [2.05, 4.69) is 10.5 Å². The fourth-order valence-electron chi connectivity index (χ4n) is 2.34. The summed E-state index contributed by atoms with van der Waals surface area (Å²) in [7, 11) is 1.34. The smallest absolute Gasteiger partial charge is 0.313 e. The Morgan fingerprint density at radius 1 is 1.39 bits per heavy atom. The number of methoxy groups -OCH3 is 1. The molecule has 1 amide bonds. The Balaban J connectivity index is 1.66.